The largest absolute Gasteiger partial charge is 0.394 e. The van der Waals surface area contributed by atoms with Gasteiger partial charge in [-0.15, -0.1) is 0 Å². The Kier molecular flexibility index (Phi) is 7.70. The minimum atomic E-state index is -1.22. The van der Waals surface area contributed by atoms with Gasteiger partial charge in [-0.1, -0.05) is 7.43 Å². The summed E-state index contributed by atoms with van der Waals surface area (Å²) < 4.78 is 0. The highest BCUT2D eigenvalue weighted by atomic mass is 16.4. The van der Waals surface area contributed by atoms with E-state index in [9.17, 15) is 0 Å². The molecule has 0 saturated heterocycles. The van der Waals surface area contributed by atoms with E-state index in [1.54, 1.807) is 0 Å². The molecule has 0 fully saturated rings. The van der Waals surface area contributed by atoms with Gasteiger partial charge in [-0.25, -0.2) is 0 Å². The molecule has 0 bridgehead atoms. The maximum atomic E-state index is 8.47. The Morgan fingerprint density at radius 2 is 1.11 bits per heavy atom. The molecule has 0 spiro atoms. The van der Waals surface area contributed by atoms with Gasteiger partial charge >= 0.3 is 0 Å². The van der Waals surface area contributed by atoms with E-state index < -0.39 is 25.4 Å². The second kappa shape index (κ2) is 5.97. The van der Waals surface area contributed by atoms with Crippen molar-refractivity contribution in [1.82, 2.24) is 0 Å². The van der Waals surface area contributed by atoms with Crippen LogP contribution < -0.4 is 0 Å². The number of hydrogen-bond donors (Lipinski definition) is 4. The molecule has 0 aromatic rings. The molecule has 4 N–H and O–H groups in total. The van der Waals surface area contributed by atoms with Gasteiger partial charge in [0.1, 0.15) is 12.2 Å². The van der Waals surface area contributed by atoms with Crippen LogP contribution in [0.15, 0.2) is 0 Å². The summed E-state index contributed by atoms with van der Waals surface area (Å²) in [5, 5.41) is 33.2. The summed E-state index contributed by atoms with van der Waals surface area (Å²) in [5.41, 5.74) is 0. The molecule has 0 aromatic heterocycles. The average Bonchev–Trinajstić information content (AvgIpc) is 1.84. The SMILES string of the molecule is C.OCC(O)C(O)CO. The normalized spacial score (nSPS) is 16.0. The molecule has 0 aliphatic carbocycles. The lowest BCUT2D eigenvalue weighted by Crippen LogP contribution is -2.31. The Hall–Kier alpha value is -0.160. The standard InChI is InChI=1S/C4H10O4.CH4/c5-1-3(7)4(8)2-6;/h3-8H,1-2H2;1H4. The Labute approximate surface area is 54.4 Å². The number of rotatable bonds is 3. The highest BCUT2D eigenvalue weighted by Gasteiger charge is 2.12. The van der Waals surface area contributed by atoms with E-state index >= 15 is 0 Å². The topological polar surface area (TPSA) is 80.9 Å². The molecule has 4 nitrogen and oxygen atoms in total. The molecule has 58 valence electrons. The first kappa shape index (κ1) is 11.6. The van der Waals surface area contributed by atoms with Gasteiger partial charge in [0.15, 0.2) is 0 Å². The molecule has 4 heteroatoms. The van der Waals surface area contributed by atoms with Crippen LogP contribution in [0.25, 0.3) is 0 Å². The van der Waals surface area contributed by atoms with Crippen molar-refractivity contribution in [3.63, 3.8) is 0 Å². The Bertz CT molecular complexity index is 48.9. The van der Waals surface area contributed by atoms with Crippen molar-refractivity contribution in [2.75, 3.05) is 13.2 Å². The fourth-order valence-corrected chi connectivity index (χ4v) is 0.243. The van der Waals surface area contributed by atoms with Gasteiger partial charge in [-0.2, -0.15) is 0 Å². The zero-order chi connectivity index (χ0) is 6.57. The Morgan fingerprint density at radius 1 is 0.889 bits per heavy atom. The van der Waals surface area contributed by atoms with Gasteiger partial charge in [0.25, 0.3) is 0 Å². The zero-order valence-electron chi connectivity index (χ0n) is 4.36. The molecule has 0 saturated carbocycles. The van der Waals surface area contributed by atoms with Gasteiger partial charge in [0.2, 0.25) is 0 Å². The maximum absolute atomic E-state index is 8.47. The first-order valence-corrected chi connectivity index (χ1v) is 2.30. The quantitative estimate of drug-likeness (QED) is 0.376. The minimum Gasteiger partial charge on any atom is -0.394 e. The maximum Gasteiger partial charge on any atom is 0.105 e. The molecular weight excluding hydrogens is 124 g/mol. The van der Waals surface area contributed by atoms with E-state index in [1.807, 2.05) is 0 Å². The van der Waals surface area contributed by atoms with Crippen molar-refractivity contribution in [2.24, 2.45) is 0 Å². The predicted molar refractivity (Wildman–Crippen MR) is 32.9 cm³/mol. The minimum absolute atomic E-state index is 0. The second-order valence-electron chi connectivity index (χ2n) is 1.50. The van der Waals surface area contributed by atoms with Gasteiger partial charge in [-0.3, -0.25) is 0 Å². The lowest BCUT2D eigenvalue weighted by atomic mass is 10.2. The van der Waals surface area contributed by atoms with Crippen LogP contribution in [0.3, 0.4) is 0 Å². The van der Waals surface area contributed by atoms with Crippen LogP contribution in [0.4, 0.5) is 0 Å². The van der Waals surface area contributed by atoms with Crippen molar-refractivity contribution in [3.8, 4) is 0 Å². The number of aliphatic hydroxyl groups is 4. The van der Waals surface area contributed by atoms with Crippen LogP contribution >= 0.6 is 0 Å². The highest BCUT2D eigenvalue weighted by molar-refractivity contribution is 4.62. The smallest absolute Gasteiger partial charge is 0.105 e. The van der Waals surface area contributed by atoms with Crippen LogP contribution in [0.2, 0.25) is 0 Å². The molecule has 0 aromatic carbocycles. The molecule has 0 aliphatic rings. The summed E-state index contributed by atoms with van der Waals surface area (Å²) in [4.78, 5) is 0. The molecule has 0 aliphatic heterocycles. The van der Waals surface area contributed by atoms with Crippen molar-refractivity contribution in [2.45, 2.75) is 19.6 Å². The van der Waals surface area contributed by atoms with Crippen LogP contribution in [0.1, 0.15) is 7.43 Å². The second-order valence-corrected chi connectivity index (χ2v) is 1.50. The monoisotopic (exact) mass is 138 g/mol. The predicted octanol–water partition coefficient (Wildman–Crippen LogP) is -1.67. The molecule has 2 atom stereocenters. The average molecular weight is 138 g/mol. The van der Waals surface area contributed by atoms with E-state index in [2.05, 4.69) is 0 Å². The first-order chi connectivity index (χ1) is 3.72. The van der Waals surface area contributed by atoms with Crippen LogP contribution in [-0.4, -0.2) is 45.8 Å². The van der Waals surface area contributed by atoms with Crippen molar-refractivity contribution < 1.29 is 20.4 Å². The molecule has 0 amide bonds. The fourth-order valence-electron chi connectivity index (χ4n) is 0.243. The third-order valence-electron chi connectivity index (χ3n) is 0.818. The molecule has 2 unspecified atom stereocenters. The third kappa shape index (κ3) is 4.35. The van der Waals surface area contributed by atoms with E-state index in [0.717, 1.165) is 0 Å². The Balaban J connectivity index is 0. The Morgan fingerprint density at radius 3 is 1.22 bits per heavy atom. The first-order valence-electron chi connectivity index (χ1n) is 2.30. The van der Waals surface area contributed by atoms with E-state index in [0.29, 0.717) is 0 Å². The van der Waals surface area contributed by atoms with Gasteiger partial charge in [0.05, 0.1) is 13.2 Å². The lowest BCUT2D eigenvalue weighted by Gasteiger charge is -2.10. The summed E-state index contributed by atoms with van der Waals surface area (Å²) in [6.07, 6.45) is -2.44. The summed E-state index contributed by atoms with van der Waals surface area (Å²) in [7, 11) is 0. The summed E-state index contributed by atoms with van der Waals surface area (Å²) in [5.74, 6) is 0. The van der Waals surface area contributed by atoms with E-state index in [-0.39, 0.29) is 7.43 Å². The molecule has 9 heavy (non-hydrogen) atoms. The van der Waals surface area contributed by atoms with E-state index in [1.165, 1.54) is 0 Å². The van der Waals surface area contributed by atoms with Gasteiger partial charge in [0, 0.05) is 0 Å². The van der Waals surface area contributed by atoms with Crippen molar-refractivity contribution >= 4 is 0 Å². The fraction of sp³-hybridized carbons (Fsp3) is 1.00. The molecular formula is C5H14O4. The van der Waals surface area contributed by atoms with Crippen LogP contribution in [0, 0.1) is 0 Å². The summed E-state index contributed by atoms with van der Waals surface area (Å²) >= 11 is 0. The molecule has 0 heterocycles. The summed E-state index contributed by atoms with van der Waals surface area (Å²) in [6.45, 7) is -1.05. The van der Waals surface area contributed by atoms with Crippen LogP contribution in [-0.2, 0) is 0 Å². The third-order valence-corrected chi connectivity index (χ3v) is 0.818. The molecule has 0 rings (SSSR count). The zero-order valence-corrected chi connectivity index (χ0v) is 4.36. The van der Waals surface area contributed by atoms with Crippen molar-refractivity contribution in [3.05, 3.63) is 0 Å². The van der Waals surface area contributed by atoms with Crippen molar-refractivity contribution in [1.29, 1.82) is 0 Å². The highest BCUT2D eigenvalue weighted by Crippen LogP contribution is 1.88. The number of aliphatic hydroxyl groups excluding tert-OH is 4. The van der Waals surface area contributed by atoms with Gasteiger partial charge in [-0.05, 0) is 0 Å². The molecule has 0 radical (unpaired) electrons. The number of hydrogen-bond acceptors (Lipinski definition) is 4. The van der Waals surface area contributed by atoms with E-state index in [4.69, 9.17) is 20.4 Å². The summed E-state index contributed by atoms with van der Waals surface area (Å²) in [6, 6.07) is 0. The van der Waals surface area contributed by atoms with Crippen LogP contribution in [0.5, 0.6) is 0 Å². The van der Waals surface area contributed by atoms with Gasteiger partial charge < -0.3 is 20.4 Å². The lowest BCUT2D eigenvalue weighted by molar-refractivity contribution is -0.0388.